The molecule has 1 saturated carbocycles. The van der Waals surface area contributed by atoms with Gasteiger partial charge in [-0.1, -0.05) is 19.1 Å². The van der Waals surface area contributed by atoms with Gasteiger partial charge in [-0.05, 0) is 30.5 Å². The summed E-state index contributed by atoms with van der Waals surface area (Å²) >= 11 is 1.36. The Hall–Kier alpha value is -2.28. The topological polar surface area (TPSA) is 70.5 Å². The zero-order valence-corrected chi connectivity index (χ0v) is 14.6. The van der Waals surface area contributed by atoms with E-state index in [0.29, 0.717) is 12.1 Å². The molecule has 0 radical (unpaired) electrons. The molecular formula is C18H19FN2O3S. The third-order valence-corrected chi connectivity index (χ3v) is 5.00. The molecule has 0 bridgehead atoms. The number of carbonyl (C=O) groups is 2. The molecule has 25 heavy (non-hydrogen) atoms. The number of hydrogen-bond donors (Lipinski definition) is 1. The molecule has 1 atom stereocenters. The number of carbonyl (C=O) groups excluding carboxylic acids is 1. The number of amides is 1. The summed E-state index contributed by atoms with van der Waals surface area (Å²) in [5.41, 5.74) is 1.13. The number of hydrogen-bond acceptors (Lipinski definition) is 4. The van der Waals surface area contributed by atoms with Crippen molar-refractivity contribution < 1.29 is 19.1 Å². The van der Waals surface area contributed by atoms with E-state index in [9.17, 15) is 14.0 Å². The highest BCUT2D eigenvalue weighted by Crippen LogP contribution is 2.29. The van der Waals surface area contributed by atoms with Gasteiger partial charge in [0.1, 0.15) is 11.5 Å². The van der Waals surface area contributed by atoms with Gasteiger partial charge in [0.25, 0.3) is 5.91 Å². The predicted octanol–water partition coefficient (Wildman–Crippen LogP) is 3.20. The van der Waals surface area contributed by atoms with E-state index in [4.69, 9.17) is 5.11 Å². The zero-order valence-electron chi connectivity index (χ0n) is 13.8. The van der Waals surface area contributed by atoms with E-state index in [1.54, 1.807) is 23.3 Å². The van der Waals surface area contributed by atoms with Crippen LogP contribution in [-0.2, 0) is 11.2 Å². The number of rotatable bonds is 7. The average molecular weight is 362 g/mol. The van der Waals surface area contributed by atoms with E-state index in [1.165, 1.54) is 23.5 Å². The summed E-state index contributed by atoms with van der Waals surface area (Å²) in [7, 11) is 0. The van der Waals surface area contributed by atoms with Crippen molar-refractivity contribution in [3.63, 3.8) is 0 Å². The smallest absolute Gasteiger partial charge is 0.308 e. The van der Waals surface area contributed by atoms with Crippen LogP contribution >= 0.6 is 11.3 Å². The Morgan fingerprint density at radius 3 is 2.84 bits per heavy atom. The Bertz CT molecular complexity index is 788. The van der Waals surface area contributed by atoms with Crippen molar-refractivity contribution >= 4 is 23.2 Å². The molecule has 0 saturated heterocycles. The van der Waals surface area contributed by atoms with Crippen LogP contribution in [0.1, 0.15) is 40.8 Å². The Balaban J connectivity index is 1.71. The third kappa shape index (κ3) is 4.42. The first-order chi connectivity index (χ1) is 11.9. The van der Waals surface area contributed by atoms with Crippen LogP contribution < -0.4 is 0 Å². The van der Waals surface area contributed by atoms with Crippen molar-refractivity contribution in [2.24, 2.45) is 5.92 Å². The molecule has 1 aromatic heterocycles. The van der Waals surface area contributed by atoms with Crippen LogP contribution in [0.5, 0.6) is 0 Å². The lowest BCUT2D eigenvalue weighted by Crippen LogP contribution is -2.38. The van der Waals surface area contributed by atoms with Gasteiger partial charge in [-0.3, -0.25) is 9.59 Å². The maximum Gasteiger partial charge on any atom is 0.308 e. The van der Waals surface area contributed by atoms with Gasteiger partial charge in [0, 0.05) is 24.4 Å². The monoisotopic (exact) mass is 362 g/mol. The molecular weight excluding hydrogens is 343 g/mol. The van der Waals surface area contributed by atoms with Crippen LogP contribution in [0.2, 0.25) is 0 Å². The highest BCUT2D eigenvalue weighted by Gasteiger charge is 2.35. The summed E-state index contributed by atoms with van der Waals surface area (Å²) in [6, 6.07) is 6.41. The van der Waals surface area contributed by atoms with Crippen molar-refractivity contribution in [1.82, 2.24) is 9.88 Å². The lowest BCUT2D eigenvalue weighted by molar-refractivity contribution is -0.141. The molecule has 1 N–H and O–H groups in total. The van der Waals surface area contributed by atoms with Crippen LogP contribution in [0.4, 0.5) is 4.39 Å². The number of benzene rings is 1. The van der Waals surface area contributed by atoms with Gasteiger partial charge in [0.2, 0.25) is 0 Å². The summed E-state index contributed by atoms with van der Waals surface area (Å²) < 4.78 is 13.3. The number of aromatic nitrogens is 1. The van der Waals surface area contributed by atoms with Crippen LogP contribution in [0.3, 0.4) is 0 Å². The summed E-state index contributed by atoms with van der Waals surface area (Å²) in [4.78, 5) is 29.8. The van der Waals surface area contributed by atoms with Gasteiger partial charge in [0.15, 0.2) is 0 Å². The van der Waals surface area contributed by atoms with E-state index in [-0.39, 0.29) is 24.3 Å². The Morgan fingerprint density at radius 1 is 1.44 bits per heavy atom. The van der Waals surface area contributed by atoms with Gasteiger partial charge in [-0.15, -0.1) is 11.3 Å². The van der Waals surface area contributed by atoms with E-state index in [0.717, 1.165) is 23.4 Å². The van der Waals surface area contributed by atoms with Crippen molar-refractivity contribution in [3.8, 4) is 0 Å². The van der Waals surface area contributed by atoms with Crippen LogP contribution in [0.15, 0.2) is 29.6 Å². The molecule has 2 aromatic rings. The fourth-order valence-corrected chi connectivity index (χ4v) is 3.42. The van der Waals surface area contributed by atoms with Crippen LogP contribution in [-0.4, -0.2) is 39.5 Å². The zero-order chi connectivity index (χ0) is 18.0. The SMILES string of the molecule is CC(CN(C(=O)c1csc(Cc2cccc(F)c2)n1)C1CC1)C(=O)O. The first kappa shape index (κ1) is 17.5. The van der Waals surface area contributed by atoms with Crippen LogP contribution in [0, 0.1) is 11.7 Å². The van der Waals surface area contributed by atoms with E-state index < -0.39 is 11.9 Å². The van der Waals surface area contributed by atoms with Crippen molar-refractivity contribution in [1.29, 1.82) is 0 Å². The Kier molecular flexibility index (Phi) is 5.13. The van der Waals surface area contributed by atoms with E-state index in [2.05, 4.69) is 4.98 Å². The maximum absolute atomic E-state index is 13.3. The lowest BCUT2D eigenvalue weighted by Gasteiger charge is -2.23. The molecule has 1 aliphatic rings. The number of carboxylic acid groups (broad SMARTS) is 1. The van der Waals surface area contributed by atoms with Crippen molar-refractivity contribution in [2.45, 2.75) is 32.2 Å². The second-order valence-electron chi connectivity index (χ2n) is 6.36. The molecule has 1 aliphatic carbocycles. The molecule has 1 fully saturated rings. The van der Waals surface area contributed by atoms with E-state index in [1.807, 2.05) is 6.07 Å². The maximum atomic E-state index is 13.3. The summed E-state index contributed by atoms with van der Waals surface area (Å²) in [6.45, 7) is 1.79. The largest absolute Gasteiger partial charge is 0.481 e. The van der Waals surface area contributed by atoms with Gasteiger partial charge in [-0.2, -0.15) is 0 Å². The second-order valence-corrected chi connectivity index (χ2v) is 7.30. The summed E-state index contributed by atoms with van der Waals surface area (Å²) in [5.74, 6) is -2.05. The number of nitrogens with zero attached hydrogens (tertiary/aromatic N) is 2. The molecule has 1 unspecified atom stereocenters. The third-order valence-electron chi connectivity index (χ3n) is 4.16. The molecule has 1 amide bonds. The first-order valence-corrected chi connectivity index (χ1v) is 9.04. The molecule has 132 valence electrons. The Morgan fingerprint density at radius 2 is 2.20 bits per heavy atom. The minimum Gasteiger partial charge on any atom is -0.481 e. The standard InChI is InChI=1S/C18H19FN2O3S/c1-11(18(23)24)9-21(14-5-6-14)17(22)15-10-25-16(20-15)8-12-3-2-4-13(19)7-12/h2-4,7,10-11,14H,5-6,8-9H2,1H3,(H,23,24). The highest BCUT2D eigenvalue weighted by molar-refractivity contribution is 7.09. The molecule has 3 rings (SSSR count). The lowest BCUT2D eigenvalue weighted by atomic mass is 10.1. The second kappa shape index (κ2) is 7.31. The molecule has 1 aromatic carbocycles. The fraction of sp³-hybridized carbons (Fsp3) is 0.389. The van der Waals surface area contributed by atoms with Crippen LogP contribution in [0.25, 0.3) is 0 Å². The number of thiazole rings is 1. The van der Waals surface area contributed by atoms with Gasteiger partial charge < -0.3 is 10.0 Å². The predicted molar refractivity (Wildman–Crippen MR) is 92.2 cm³/mol. The first-order valence-electron chi connectivity index (χ1n) is 8.16. The van der Waals surface area contributed by atoms with Gasteiger partial charge in [-0.25, -0.2) is 9.37 Å². The minimum absolute atomic E-state index is 0.114. The fourth-order valence-electron chi connectivity index (χ4n) is 2.62. The van der Waals surface area contributed by atoms with Crippen molar-refractivity contribution in [3.05, 3.63) is 51.7 Å². The normalized spacial score (nSPS) is 15.0. The molecule has 0 spiro atoms. The average Bonchev–Trinajstić information content (AvgIpc) is 3.30. The molecule has 7 heteroatoms. The van der Waals surface area contributed by atoms with E-state index >= 15 is 0 Å². The Labute approximate surface area is 149 Å². The minimum atomic E-state index is -0.913. The molecule has 1 heterocycles. The molecule has 5 nitrogen and oxygen atoms in total. The van der Waals surface area contributed by atoms with Gasteiger partial charge >= 0.3 is 5.97 Å². The number of aliphatic carboxylic acids is 1. The quantitative estimate of drug-likeness (QED) is 0.821. The van der Waals surface area contributed by atoms with Gasteiger partial charge in [0.05, 0.1) is 10.9 Å². The number of carboxylic acids is 1. The molecule has 0 aliphatic heterocycles. The highest BCUT2D eigenvalue weighted by atomic mass is 32.1. The summed E-state index contributed by atoms with van der Waals surface area (Å²) in [5, 5.41) is 11.5. The number of halogens is 1. The van der Waals surface area contributed by atoms with Crippen molar-refractivity contribution in [2.75, 3.05) is 6.54 Å². The summed E-state index contributed by atoms with van der Waals surface area (Å²) in [6.07, 6.45) is 2.27.